The summed E-state index contributed by atoms with van der Waals surface area (Å²) in [6, 6.07) is 11.1. The molecule has 0 radical (unpaired) electrons. The fourth-order valence-corrected chi connectivity index (χ4v) is 4.46. The van der Waals surface area contributed by atoms with Crippen LogP contribution in [0.5, 0.6) is 0 Å². The van der Waals surface area contributed by atoms with Gasteiger partial charge in [0.2, 0.25) is 15.9 Å². The number of halogens is 1. The first-order chi connectivity index (χ1) is 10.8. The van der Waals surface area contributed by atoms with Gasteiger partial charge in [0.1, 0.15) is 4.21 Å². The zero-order valence-electron chi connectivity index (χ0n) is 12.0. The Morgan fingerprint density at radius 3 is 2.57 bits per heavy atom. The molecule has 1 amide bonds. The number of thiophene rings is 1. The van der Waals surface area contributed by atoms with E-state index in [0.29, 0.717) is 6.54 Å². The maximum atomic E-state index is 12.2. The van der Waals surface area contributed by atoms with E-state index in [0.717, 1.165) is 27.1 Å². The van der Waals surface area contributed by atoms with E-state index < -0.39 is 10.0 Å². The Labute approximate surface area is 147 Å². The molecule has 8 heteroatoms. The quantitative estimate of drug-likeness (QED) is 0.787. The number of sulfonamides is 1. The topological polar surface area (TPSA) is 89.3 Å². The molecule has 1 aromatic heterocycles. The summed E-state index contributed by atoms with van der Waals surface area (Å²) < 4.78 is 23.6. The molecule has 122 valence electrons. The number of carbonyl (C=O) groups excluding carboxylic acids is 1. The molecule has 0 bridgehead atoms. The molecule has 1 heterocycles. The standard InChI is InChI=1S/C15H15BrN2O3S2/c16-10-3-1-9(2-4-10)12-7-13(12)15(19)18-8-11-5-6-14(22-11)23(17,20)21/h1-6,12-13H,7-8H2,(H,18,19)(H2,17,20,21). The Bertz CT molecular complexity index is 831. The van der Waals surface area contributed by atoms with Gasteiger partial charge in [-0.05, 0) is 42.2 Å². The van der Waals surface area contributed by atoms with Crippen LogP contribution in [0.4, 0.5) is 0 Å². The lowest BCUT2D eigenvalue weighted by Crippen LogP contribution is -2.24. The number of benzene rings is 1. The van der Waals surface area contributed by atoms with Crippen LogP contribution >= 0.6 is 27.3 Å². The summed E-state index contributed by atoms with van der Waals surface area (Å²) in [5, 5.41) is 7.93. The maximum absolute atomic E-state index is 12.2. The Balaban J connectivity index is 1.55. The second-order valence-corrected chi connectivity index (χ2v) is 9.36. The van der Waals surface area contributed by atoms with Crippen molar-refractivity contribution in [2.75, 3.05) is 0 Å². The Morgan fingerprint density at radius 2 is 1.96 bits per heavy atom. The second-order valence-electron chi connectivity index (χ2n) is 5.48. The summed E-state index contributed by atoms with van der Waals surface area (Å²) in [5.74, 6) is 0.267. The van der Waals surface area contributed by atoms with Gasteiger partial charge in [0, 0.05) is 15.3 Å². The lowest BCUT2D eigenvalue weighted by molar-refractivity contribution is -0.122. The highest BCUT2D eigenvalue weighted by Crippen LogP contribution is 2.47. The molecule has 3 N–H and O–H groups in total. The van der Waals surface area contributed by atoms with Crippen molar-refractivity contribution in [3.63, 3.8) is 0 Å². The van der Waals surface area contributed by atoms with Crippen LogP contribution < -0.4 is 10.5 Å². The minimum Gasteiger partial charge on any atom is -0.351 e. The third kappa shape index (κ3) is 4.00. The van der Waals surface area contributed by atoms with Gasteiger partial charge in [-0.25, -0.2) is 13.6 Å². The molecule has 23 heavy (non-hydrogen) atoms. The normalized spacial score (nSPS) is 20.3. The Hall–Kier alpha value is -1.22. The van der Waals surface area contributed by atoms with Crippen molar-refractivity contribution in [2.24, 2.45) is 11.1 Å². The number of amides is 1. The summed E-state index contributed by atoms with van der Waals surface area (Å²) >= 11 is 4.48. The van der Waals surface area contributed by atoms with Gasteiger partial charge >= 0.3 is 0 Å². The number of carbonyl (C=O) groups is 1. The van der Waals surface area contributed by atoms with E-state index in [2.05, 4.69) is 21.2 Å². The molecule has 2 aromatic rings. The first-order valence-corrected chi connectivity index (χ1v) is 10.1. The molecular weight excluding hydrogens is 400 g/mol. The van der Waals surface area contributed by atoms with Gasteiger partial charge in [0.25, 0.3) is 0 Å². The summed E-state index contributed by atoms with van der Waals surface area (Å²) in [6.07, 6.45) is 0.848. The SMILES string of the molecule is NS(=O)(=O)c1ccc(CNC(=O)C2CC2c2ccc(Br)cc2)s1. The van der Waals surface area contributed by atoms with Crippen LogP contribution in [-0.2, 0) is 21.4 Å². The van der Waals surface area contributed by atoms with Gasteiger partial charge in [-0.1, -0.05) is 28.1 Å². The smallest absolute Gasteiger partial charge is 0.247 e. The molecule has 1 aromatic carbocycles. The lowest BCUT2D eigenvalue weighted by atomic mass is 10.1. The molecule has 0 aliphatic heterocycles. The Morgan fingerprint density at radius 1 is 1.26 bits per heavy atom. The Kier molecular flexibility index (Phi) is 4.59. The van der Waals surface area contributed by atoms with Crippen LogP contribution in [0.15, 0.2) is 45.1 Å². The lowest BCUT2D eigenvalue weighted by Gasteiger charge is -2.04. The average Bonchev–Trinajstić information content (AvgIpc) is 3.13. The van der Waals surface area contributed by atoms with Crippen LogP contribution in [0, 0.1) is 5.92 Å². The van der Waals surface area contributed by atoms with Crippen LogP contribution in [-0.4, -0.2) is 14.3 Å². The van der Waals surface area contributed by atoms with E-state index in [1.165, 1.54) is 11.6 Å². The highest BCUT2D eigenvalue weighted by atomic mass is 79.9. The summed E-state index contributed by atoms with van der Waals surface area (Å²) in [7, 11) is -3.67. The van der Waals surface area contributed by atoms with Crippen molar-refractivity contribution in [1.82, 2.24) is 5.32 Å². The van der Waals surface area contributed by atoms with Gasteiger partial charge in [0.15, 0.2) is 0 Å². The third-order valence-corrected chi connectivity index (χ3v) is 6.83. The highest BCUT2D eigenvalue weighted by Gasteiger charge is 2.43. The minimum absolute atomic E-state index is 0.00322. The van der Waals surface area contributed by atoms with E-state index in [-0.39, 0.29) is 22.0 Å². The molecule has 1 aliphatic carbocycles. The van der Waals surface area contributed by atoms with Crippen LogP contribution in [0.2, 0.25) is 0 Å². The predicted octanol–water partition coefficient (Wildman–Crippen LogP) is 2.58. The van der Waals surface area contributed by atoms with Gasteiger partial charge in [0.05, 0.1) is 6.54 Å². The first kappa shape index (κ1) is 16.6. The van der Waals surface area contributed by atoms with Crippen LogP contribution in [0.25, 0.3) is 0 Å². The van der Waals surface area contributed by atoms with Crippen molar-refractivity contribution in [3.8, 4) is 0 Å². The largest absolute Gasteiger partial charge is 0.351 e. The highest BCUT2D eigenvalue weighted by molar-refractivity contribution is 9.10. The molecule has 1 saturated carbocycles. The zero-order chi connectivity index (χ0) is 16.6. The second kappa shape index (κ2) is 6.35. The summed E-state index contributed by atoms with van der Waals surface area (Å²) in [5.41, 5.74) is 1.17. The fraction of sp³-hybridized carbons (Fsp3) is 0.267. The number of hydrogen-bond acceptors (Lipinski definition) is 4. The summed E-state index contributed by atoms with van der Waals surface area (Å²) in [6.45, 7) is 0.322. The van der Waals surface area contributed by atoms with Crippen molar-refractivity contribution in [3.05, 3.63) is 51.3 Å². The van der Waals surface area contributed by atoms with Gasteiger partial charge < -0.3 is 5.32 Å². The monoisotopic (exact) mass is 414 g/mol. The van der Waals surface area contributed by atoms with Crippen molar-refractivity contribution >= 4 is 43.2 Å². The number of hydrogen-bond donors (Lipinski definition) is 2. The number of primary sulfonamides is 1. The molecule has 3 rings (SSSR count). The molecule has 1 fully saturated rings. The van der Waals surface area contributed by atoms with Crippen LogP contribution in [0.3, 0.4) is 0 Å². The summed E-state index contributed by atoms with van der Waals surface area (Å²) in [4.78, 5) is 12.9. The first-order valence-electron chi connectivity index (χ1n) is 6.99. The molecule has 0 saturated heterocycles. The van der Waals surface area contributed by atoms with Crippen LogP contribution in [0.1, 0.15) is 22.8 Å². The van der Waals surface area contributed by atoms with Crippen molar-refractivity contribution in [1.29, 1.82) is 0 Å². The molecule has 1 aliphatic rings. The van der Waals surface area contributed by atoms with E-state index in [1.54, 1.807) is 6.07 Å². The van der Waals surface area contributed by atoms with Crippen molar-refractivity contribution < 1.29 is 13.2 Å². The zero-order valence-corrected chi connectivity index (χ0v) is 15.2. The maximum Gasteiger partial charge on any atom is 0.247 e. The van der Waals surface area contributed by atoms with E-state index in [9.17, 15) is 13.2 Å². The minimum atomic E-state index is -3.67. The van der Waals surface area contributed by atoms with Gasteiger partial charge in [-0.3, -0.25) is 4.79 Å². The van der Waals surface area contributed by atoms with Crippen molar-refractivity contribution in [2.45, 2.75) is 23.1 Å². The van der Waals surface area contributed by atoms with E-state index >= 15 is 0 Å². The molecule has 2 atom stereocenters. The molecule has 0 spiro atoms. The number of rotatable bonds is 5. The van der Waals surface area contributed by atoms with Gasteiger partial charge in [-0.15, -0.1) is 11.3 Å². The average molecular weight is 415 g/mol. The molecule has 2 unspecified atom stereocenters. The molecule has 5 nitrogen and oxygen atoms in total. The number of nitrogens with two attached hydrogens (primary N) is 1. The van der Waals surface area contributed by atoms with Gasteiger partial charge in [-0.2, -0.15) is 0 Å². The third-order valence-electron chi connectivity index (χ3n) is 3.78. The van der Waals surface area contributed by atoms with E-state index in [4.69, 9.17) is 5.14 Å². The predicted molar refractivity (Wildman–Crippen MR) is 92.5 cm³/mol. The molecular formula is C15H15BrN2O3S2. The fourth-order valence-electron chi connectivity index (χ4n) is 2.47. The van der Waals surface area contributed by atoms with E-state index in [1.807, 2.05) is 24.3 Å². The number of nitrogens with one attached hydrogen (secondary N) is 1.